The summed E-state index contributed by atoms with van der Waals surface area (Å²) in [4.78, 5) is 67.3. The molecule has 9 heteroatoms. The molecule has 0 saturated heterocycles. The number of esters is 4. The monoisotopic (exact) mass is 642 g/mol. The Labute approximate surface area is 275 Å². The predicted molar refractivity (Wildman–Crippen MR) is 172 cm³/mol. The van der Waals surface area contributed by atoms with Gasteiger partial charge in [0.2, 0.25) is 5.78 Å². The standard InChI is InChI=1S/C38H42O9/c1-21-18-28-29(37(28,6)7)19-30(45-35(42)26-14-10-8-11-15-26)23(3)33(44-24(4)39)31-32(46-36(43)27-16-12-9-13-17-27)22(2)20-38(31,34(21)41)47-25(5)40/h8-18,22,28-33H,3,19-20H2,1-2,4-7H3/t22-,28+,29-,30+,31+,32-,33?,38+/m0/s1. The molecule has 9 nitrogen and oxygen atoms in total. The molecule has 1 unspecified atom stereocenters. The molecule has 2 saturated carbocycles. The predicted octanol–water partition coefficient (Wildman–Crippen LogP) is 6.07. The van der Waals surface area contributed by atoms with Crippen LogP contribution in [-0.2, 0) is 33.3 Å². The summed E-state index contributed by atoms with van der Waals surface area (Å²) in [6.45, 7) is 14.4. The van der Waals surface area contributed by atoms with Crippen molar-refractivity contribution in [2.24, 2.45) is 29.1 Å². The summed E-state index contributed by atoms with van der Waals surface area (Å²) < 4.78 is 24.3. The van der Waals surface area contributed by atoms with Crippen molar-refractivity contribution < 1.29 is 42.9 Å². The maximum atomic E-state index is 14.7. The number of carbonyl (C=O) groups excluding carboxylic acids is 5. The number of allylic oxidation sites excluding steroid dienone is 1. The summed E-state index contributed by atoms with van der Waals surface area (Å²) >= 11 is 0. The molecule has 0 aliphatic heterocycles. The molecule has 0 N–H and O–H groups in total. The topological polar surface area (TPSA) is 122 Å². The molecule has 0 spiro atoms. The van der Waals surface area contributed by atoms with Crippen LogP contribution in [0.1, 0.15) is 75.1 Å². The van der Waals surface area contributed by atoms with Gasteiger partial charge in [-0.1, -0.05) is 69.8 Å². The van der Waals surface area contributed by atoms with Crippen LogP contribution in [0.15, 0.2) is 84.5 Å². The molecule has 3 aliphatic rings. The van der Waals surface area contributed by atoms with Crippen molar-refractivity contribution in [3.63, 3.8) is 0 Å². The molecular weight excluding hydrogens is 600 g/mol. The van der Waals surface area contributed by atoms with Crippen LogP contribution in [0, 0.1) is 29.1 Å². The SMILES string of the molecule is C=C1C(OC(C)=O)[C@H]2[C@@H](OC(=O)c3ccccc3)[C@@H](C)C[C@]2(OC(C)=O)C(=O)C(C)=C[C@@H]2[C@H](C[C@H]1OC(=O)c1ccccc1)C2(C)C. The van der Waals surface area contributed by atoms with Gasteiger partial charge in [-0.05, 0) is 66.4 Å². The van der Waals surface area contributed by atoms with Crippen molar-refractivity contribution in [2.45, 2.75) is 78.3 Å². The Morgan fingerprint density at radius 3 is 1.91 bits per heavy atom. The first-order valence-electron chi connectivity index (χ1n) is 16.0. The Balaban J connectivity index is 1.68. The Morgan fingerprint density at radius 1 is 0.830 bits per heavy atom. The minimum absolute atomic E-state index is 0.00893. The molecule has 0 radical (unpaired) electrons. The molecule has 47 heavy (non-hydrogen) atoms. The van der Waals surface area contributed by atoms with Gasteiger partial charge in [-0.25, -0.2) is 9.59 Å². The van der Waals surface area contributed by atoms with Gasteiger partial charge in [0.05, 0.1) is 17.0 Å². The normalized spacial score (nSPS) is 31.2. The van der Waals surface area contributed by atoms with E-state index in [0.29, 0.717) is 17.6 Å². The van der Waals surface area contributed by atoms with Crippen molar-refractivity contribution in [3.05, 3.63) is 95.6 Å². The van der Waals surface area contributed by atoms with Crippen molar-refractivity contribution in [3.8, 4) is 0 Å². The summed E-state index contributed by atoms with van der Waals surface area (Å²) in [6, 6.07) is 16.9. The Bertz CT molecular complexity index is 1610. The largest absolute Gasteiger partial charge is 0.458 e. The Kier molecular flexibility index (Phi) is 9.31. The average Bonchev–Trinajstić information content (AvgIpc) is 3.41. The summed E-state index contributed by atoms with van der Waals surface area (Å²) in [6.07, 6.45) is -1.13. The smallest absolute Gasteiger partial charge is 0.338 e. The van der Waals surface area contributed by atoms with Gasteiger partial charge >= 0.3 is 23.9 Å². The zero-order chi connectivity index (χ0) is 34.3. The summed E-state index contributed by atoms with van der Waals surface area (Å²) in [5.74, 6) is -4.93. The van der Waals surface area contributed by atoms with Gasteiger partial charge in [0.1, 0.15) is 18.3 Å². The van der Waals surface area contributed by atoms with Gasteiger partial charge in [-0.15, -0.1) is 0 Å². The molecule has 5 rings (SSSR count). The zero-order valence-electron chi connectivity index (χ0n) is 27.7. The molecule has 0 aromatic heterocycles. The number of rotatable bonds is 6. The van der Waals surface area contributed by atoms with E-state index in [1.165, 1.54) is 13.8 Å². The lowest BCUT2D eigenvalue weighted by Gasteiger charge is -2.40. The number of ether oxygens (including phenoxy) is 4. The highest BCUT2D eigenvalue weighted by atomic mass is 16.6. The second kappa shape index (κ2) is 12.9. The molecule has 248 valence electrons. The van der Waals surface area contributed by atoms with Gasteiger partial charge in [-0.2, -0.15) is 0 Å². The lowest BCUT2D eigenvalue weighted by atomic mass is 9.76. The first-order chi connectivity index (χ1) is 22.2. The number of hydrogen-bond donors (Lipinski definition) is 0. The number of fused-ring (bicyclic) bond motifs is 2. The van der Waals surface area contributed by atoms with Gasteiger partial charge in [0.25, 0.3) is 0 Å². The quantitative estimate of drug-likeness (QED) is 0.210. The van der Waals surface area contributed by atoms with Crippen LogP contribution in [0.4, 0.5) is 0 Å². The third-order valence-electron chi connectivity index (χ3n) is 10.1. The molecule has 0 heterocycles. The Hall–Kier alpha value is -4.53. The molecule has 2 aromatic carbocycles. The van der Waals surface area contributed by atoms with Gasteiger partial charge in [0.15, 0.2) is 5.60 Å². The average molecular weight is 643 g/mol. The highest BCUT2D eigenvalue weighted by Crippen LogP contribution is 2.63. The lowest BCUT2D eigenvalue weighted by molar-refractivity contribution is -0.179. The third-order valence-corrected chi connectivity index (χ3v) is 10.1. The second-order valence-corrected chi connectivity index (χ2v) is 13.7. The third kappa shape index (κ3) is 6.53. The van der Waals surface area contributed by atoms with E-state index in [0.717, 1.165) is 0 Å². The minimum atomic E-state index is -1.89. The number of Topliss-reactive ketones (excluding diaryl/α,β-unsaturated/α-hetero) is 1. The number of benzene rings is 2. The van der Waals surface area contributed by atoms with Crippen LogP contribution in [0.3, 0.4) is 0 Å². The maximum absolute atomic E-state index is 14.7. The summed E-state index contributed by atoms with van der Waals surface area (Å²) in [7, 11) is 0. The van der Waals surface area contributed by atoms with Crippen LogP contribution < -0.4 is 0 Å². The van der Waals surface area contributed by atoms with Crippen LogP contribution in [0.5, 0.6) is 0 Å². The zero-order valence-corrected chi connectivity index (χ0v) is 27.7. The van der Waals surface area contributed by atoms with Gasteiger partial charge in [-0.3, -0.25) is 14.4 Å². The van der Waals surface area contributed by atoms with Crippen molar-refractivity contribution in [2.75, 3.05) is 0 Å². The summed E-state index contributed by atoms with van der Waals surface area (Å²) in [5, 5.41) is 0. The molecular formula is C38H42O9. The van der Waals surface area contributed by atoms with Crippen molar-refractivity contribution in [1.82, 2.24) is 0 Å². The van der Waals surface area contributed by atoms with E-state index in [4.69, 9.17) is 18.9 Å². The van der Waals surface area contributed by atoms with Crippen molar-refractivity contribution >= 4 is 29.7 Å². The van der Waals surface area contributed by atoms with E-state index < -0.39 is 65.4 Å². The molecule has 8 atom stereocenters. The van der Waals surface area contributed by atoms with E-state index in [1.807, 2.05) is 6.08 Å². The molecule has 3 aliphatic carbocycles. The summed E-state index contributed by atoms with van der Waals surface area (Å²) in [5.41, 5.74) is -0.942. The fourth-order valence-electron chi connectivity index (χ4n) is 7.64. The van der Waals surface area contributed by atoms with Crippen LogP contribution in [0.25, 0.3) is 0 Å². The Morgan fingerprint density at radius 2 is 1.38 bits per heavy atom. The maximum Gasteiger partial charge on any atom is 0.338 e. The number of carbonyl (C=O) groups is 5. The highest BCUT2D eigenvalue weighted by molar-refractivity contribution is 6.03. The molecule has 2 fully saturated rings. The fraction of sp³-hybridized carbons (Fsp3) is 0.447. The highest BCUT2D eigenvalue weighted by Gasteiger charge is 2.66. The molecule has 0 amide bonds. The van der Waals surface area contributed by atoms with E-state index in [-0.39, 0.29) is 34.8 Å². The number of hydrogen-bond acceptors (Lipinski definition) is 9. The van der Waals surface area contributed by atoms with Crippen LogP contribution in [-0.4, -0.2) is 53.6 Å². The van der Waals surface area contributed by atoms with E-state index in [1.54, 1.807) is 74.5 Å². The second-order valence-electron chi connectivity index (χ2n) is 13.7. The fourth-order valence-corrected chi connectivity index (χ4v) is 7.64. The first kappa shape index (κ1) is 33.8. The van der Waals surface area contributed by atoms with Crippen LogP contribution in [0.2, 0.25) is 0 Å². The lowest BCUT2D eigenvalue weighted by Crippen LogP contribution is -2.55. The molecule has 2 aromatic rings. The van der Waals surface area contributed by atoms with E-state index in [2.05, 4.69) is 20.4 Å². The first-order valence-corrected chi connectivity index (χ1v) is 16.0. The minimum Gasteiger partial charge on any atom is -0.458 e. The van der Waals surface area contributed by atoms with Crippen molar-refractivity contribution in [1.29, 1.82) is 0 Å². The van der Waals surface area contributed by atoms with E-state index in [9.17, 15) is 24.0 Å². The van der Waals surface area contributed by atoms with Gasteiger partial charge in [0, 0.05) is 25.8 Å². The molecule has 0 bridgehead atoms. The number of ketones is 1. The van der Waals surface area contributed by atoms with E-state index >= 15 is 0 Å². The van der Waals surface area contributed by atoms with Crippen LogP contribution >= 0.6 is 0 Å². The van der Waals surface area contributed by atoms with Gasteiger partial charge < -0.3 is 18.9 Å².